The molecule has 1 unspecified atom stereocenters. The third-order valence-corrected chi connectivity index (χ3v) is 5.27. The van der Waals surface area contributed by atoms with Crippen molar-refractivity contribution >= 4 is 33.6 Å². The first-order valence-electron chi connectivity index (χ1n) is 9.36. The molecule has 0 saturated heterocycles. The van der Waals surface area contributed by atoms with Crippen molar-refractivity contribution in [3.63, 3.8) is 0 Å². The molecule has 1 N–H and O–H groups in total. The lowest BCUT2D eigenvalue weighted by molar-refractivity contribution is 0.0434. The molecule has 30 heavy (non-hydrogen) atoms. The van der Waals surface area contributed by atoms with Gasteiger partial charge in [-0.15, -0.1) is 0 Å². The predicted octanol–water partition coefficient (Wildman–Crippen LogP) is 4.89. The van der Waals surface area contributed by atoms with Crippen LogP contribution < -0.4 is 19.5 Å². The Hall–Kier alpha value is -3.87. The van der Waals surface area contributed by atoms with Crippen LogP contribution in [-0.2, 0) is 4.74 Å². The van der Waals surface area contributed by atoms with Gasteiger partial charge in [0.15, 0.2) is 11.5 Å². The number of fused-ring (bicyclic) bond motifs is 4. The van der Waals surface area contributed by atoms with Crippen molar-refractivity contribution in [2.24, 2.45) is 0 Å². The Kier molecular flexibility index (Phi) is 4.17. The molecule has 1 aliphatic rings. The van der Waals surface area contributed by atoms with E-state index in [1.165, 1.54) is 14.2 Å². The number of carbonyl (C=O) groups is 1. The van der Waals surface area contributed by atoms with Gasteiger partial charge < -0.3 is 28.7 Å². The number of furan rings is 1. The number of esters is 1. The quantitative estimate of drug-likeness (QED) is 0.474. The number of para-hydroxylation sites is 1. The van der Waals surface area contributed by atoms with Crippen LogP contribution in [0.4, 0.5) is 5.69 Å². The second-order valence-electron chi connectivity index (χ2n) is 6.84. The average Bonchev–Trinajstić information content (AvgIpc) is 3.29. The van der Waals surface area contributed by atoms with Crippen molar-refractivity contribution in [3.8, 4) is 17.2 Å². The molecule has 0 saturated carbocycles. The molecule has 1 aromatic heterocycles. The SMILES string of the molecule is COc1cc2c(cc1NC1OC(=O)c3c1ccc(OC)c3OC)oc1ccccc12. The van der Waals surface area contributed by atoms with Gasteiger partial charge in [-0.05, 0) is 24.3 Å². The summed E-state index contributed by atoms with van der Waals surface area (Å²) in [6.07, 6.45) is -0.706. The number of hydrogen-bond donors (Lipinski definition) is 1. The Morgan fingerprint density at radius 3 is 2.43 bits per heavy atom. The molecule has 1 aliphatic heterocycles. The number of ether oxygens (including phenoxy) is 4. The molecule has 152 valence electrons. The van der Waals surface area contributed by atoms with Crippen LogP contribution in [0, 0.1) is 0 Å². The maximum absolute atomic E-state index is 12.6. The summed E-state index contributed by atoms with van der Waals surface area (Å²) >= 11 is 0. The minimum absolute atomic E-state index is 0.345. The zero-order valence-electron chi connectivity index (χ0n) is 16.6. The van der Waals surface area contributed by atoms with E-state index in [1.54, 1.807) is 19.2 Å². The highest BCUT2D eigenvalue weighted by atomic mass is 16.6. The third-order valence-electron chi connectivity index (χ3n) is 5.27. The van der Waals surface area contributed by atoms with Crippen molar-refractivity contribution in [2.45, 2.75) is 6.23 Å². The molecule has 5 rings (SSSR count). The third kappa shape index (κ3) is 2.62. The van der Waals surface area contributed by atoms with Crippen LogP contribution in [0.15, 0.2) is 52.9 Å². The minimum atomic E-state index is -0.706. The predicted molar refractivity (Wildman–Crippen MR) is 112 cm³/mol. The Labute approximate surface area is 172 Å². The molecule has 7 heteroatoms. The van der Waals surface area contributed by atoms with Crippen LogP contribution in [0.3, 0.4) is 0 Å². The van der Waals surface area contributed by atoms with Gasteiger partial charge in [0, 0.05) is 22.4 Å². The first kappa shape index (κ1) is 18.2. The van der Waals surface area contributed by atoms with Gasteiger partial charge in [0.05, 0.1) is 27.0 Å². The largest absolute Gasteiger partial charge is 0.495 e. The molecule has 2 heterocycles. The normalized spacial score (nSPS) is 15.2. The fourth-order valence-electron chi connectivity index (χ4n) is 3.88. The summed E-state index contributed by atoms with van der Waals surface area (Å²) in [6, 6.07) is 15.1. The van der Waals surface area contributed by atoms with E-state index in [-0.39, 0.29) is 0 Å². The molecule has 0 amide bonds. The van der Waals surface area contributed by atoms with E-state index in [2.05, 4.69) is 5.32 Å². The molecule has 0 spiro atoms. The lowest BCUT2D eigenvalue weighted by Gasteiger charge is -2.17. The van der Waals surface area contributed by atoms with Crippen LogP contribution in [0.5, 0.6) is 17.2 Å². The summed E-state index contributed by atoms with van der Waals surface area (Å²) in [5.74, 6) is 0.945. The van der Waals surface area contributed by atoms with Gasteiger partial charge in [-0.1, -0.05) is 18.2 Å². The van der Waals surface area contributed by atoms with Gasteiger partial charge >= 0.3 is 5.97 Å². The zero-order chi connectivity index (χ0) is 20.8. The lowest BCUT2D eigenvalue weighted by Crippen LogP contribution is -2.11. The Bertz CT molecular complexity index is 1290. The van der Waals surface area contributed by atoms with Gasteiger partial charge in [0.25, 0.3) is 0 Å². The van der Waals surface area contributed by atoms with Crippen LogP contribution in [-0.4, -0.2) is 27.3 Å². The number of nitrogens with one attached hydrogen (secondary N) is 1. The van der Waals surface area contributed by atoms with Gasteiger partial charge in [0.2, 0.25) is 6.23 Å². The lowest BCUT2D eigenvalue weighted by atomic mass is 10.1. The molecule has 3 aromatic carbocycles. The monoisotopic (exact) mass is 405 g/mol. The highest BCUT2D eigenvalue weighted by Gasteiger charge is 2.36. The molecule has 0 fully saturated rings. The fourth-order valence-corrected chi connectivity index (χ4v) is 3.88. The van der Waals surface area contributed by atoms with Gasteiger partial charge in [-0.25, -0.2) is 4.79 Å². The van der Waals surface area contributed by atoms with E-state index in [0.29, 0.717) is 39.6 Å². The maximum Gasteiger partial charge on any atom is 0.344 e. The van der Waals surface area contributed by atoms with Crippen LogP contribution in [0.25, 0.3) is 21.9 Å². The van der Waals surface area contributed by atoms with Crippen LogP contribution in [0.1, 0.15) is 22.1 Å². The average molecular weight is 405 g/mol. The molecule has 0 radical (unpaired) electrons. The van der Waals surface area contributed by atoms with E-state index in [1.807, 2.05) is 36.4 Å². The van der Waals surface area contributed by atoms with Crippen molar-refractivity contribution < 1.29 is 28.2 Å². The van der Waals surface area contributed by atoms with Crippen LogP contribution in [0.2, 0.25) is 0 Å². The van der Waals surface area contributed by atoms with Gasteiger partial charge in [-0.3, -0.25) is 0 Å². The summed E-state index contributed by atoms with van der Waals surface area (Å²) in [7, 11) is 4.61. The first-order chi connectivity index (χ1) is 14.6. The summed E-state index contributed by atoms with van der Waals surface area (Å²) in [5.41, 5.74) is 3.14. The van der Waals surface area contributed by atoms with E-state index in [0.717, 1.165) is 16.4 Å². The molecular formula is C23H19NO6. The van der Waals surface area contributed by atoms with Crippen molar-refractivity contribution in [1.82, 2.24) is 0 Å². The minimum Gasteiger partial charge on any atom is -0.495 e. The van der Waals surface area contributed by atoms with Crippen molar-refractivity contribution in [3.05, 3.63) is 59.7 Å². The molecule has 0 bridgehead atoms. The van der Waals surface area contributed by atoms with Crippen molar-refractivity contribution in [1.29, 1.82) is 0 Å². The van der Waals surface area contributed by atoms with Crippen LogP contribution >= 0.6 is 0 Å². The Balaban J connectivity index is 1.59. The Morgan fingerprint density at radius 2 is 1.67 bits per heavy atom. The second-order valence-corrected chi connectivity index (χ2v) is 6.84. The summed E-state index contributed by atoms with van der Waals surface area (Å²) < 4.78 is 27.8. The molecular weight excluding hydrogens is 386 g/mol. The smallest absolute Gasteiger partial charge is 0.344 e. The molecule has 1 atom stereocenters. The van der Waals surface area contributed by atoms with E-state index in [4.69, 9.17) is 23.4 Å². The summed E-state index contributed by atoms with van der Waals surface area (Å²) in [6.45, 7) is 0. The number of anilines is 1. The Morgan fingerprint density at radius 1 is 0.867 bits per heavy atom. The van der Waals surface area contributed by atoms with Gasteiger partial charge in [0.1, 0.15) is 22.5 Å². The van der Waals surface area contributed by atoms with Crippen molar-refractivity contribution in [2.75, 3.05) is 26.6 Å². The molecule has 4 aromatic rings. The highest BCUT2D eigenvalue weighted by molar-refractivity contribution is 6.06. The summed E-state index contributed by atoms with van der Waals surface area (Å²) in [4.78, 5) is 12.6. The fraction of sp³-hybridized carbons (Fsp3) is 0.174. The standard InChI is InChI=1S/C23H19NO6/c1-26-17-9-8-13-20(21(17)28-3)23(25)30-22(13)24-15-11-18-14(10-19(15)27-2)12-6-4-5-7-16(12)29-18/h4-11,22,24H,1-3H3. The molecule has 0 aliphatic carbocycles. The maximum atomic E-state index is 12.6. The number of methoxy groups -OCH3 is 3. The number of hydrogen-bond acceptors (Lipinski definition) is 7. The number of benzene rings is 3. The van der Waals surface area contributed by atoms with E-state index >= 15 is 0 Å². The summed E-state index contributed by atoms with van der Waals surface area (Å²) in [5, 5.41) is 5.20. The second kappa shape index (κ2) is 6.88. The molecule has 7 nitrogen and oxygen atoms in total. The van der Waals surface area contributed by atoms with Gasteiger partial charge in [-0.2, -0.15) is 0 Å². The van der Waals surface area contributed by atoms with E-state index < -0.39 is 12.2 Å². The zero-order valence-corrected chi connectivity index (χ0v) is 16.6. The topological polar surface area (TPSA) is 79.2 Å². The highest BCUT2D eigenvalue weighted by Crippen LogP contribution is 2.44. The number of carbonyl (C=O) groups excluding carboxylic acids is 1. The first-order valence-corrected chi connectivity index (χ1v) is 9.36. The number of rotatable bonds is 5. The number of cyclic esters (lactones) is 1. The van der Waals surface area contributed by atoms with E-state index in [9.17, 15) is 4.79 Å².